The van der Waals surface area contributed by atoms with Gasteiger partial charge in [0.15, 0.2) is 0 Å². The first-order valence-corrected chi connectivity index (χ1v) is 5.75. The molecule has 0 unspecified atom stereocenters. The fourth-order valence-corrected chi connectivity index (χ4v) is 0.534. The molecule has 15 heavy (non-hydrogen) atoms. The molecule has 0 saturated heterocycles. The van der Waals surface area contributed by atoms with Crippen LogP contribution in [-0.2, 0) is 0 Å². The van der Waals surface area contributed by atoms with Gasteiger partial charge in [-0.25, -0.2) is 0 Å². The molecule has 1 heteroatoms. The molecule has 0 atom stereocenters. The number of rotatable bonds is 0. The van der Waals surface area contributed by atoms with Crippen LogP contribution in [0.3, 0.4) is 0 Å². The van der Waals surface area contributed by atoms with E-state index in [1.165, 1.54) is 5.56 Å². The number of aryl methyl sites for hydroxylation is 1. The summed E-state index contributed by atoms with van der Waals surface area (Å²) in [6, 6.07) is 10.3. The van der Waals surface area contributed by atoms with Gasteiger partial charge in [-0.05, 0) is 28.1 Å². The Hall–Kier alpha value is -0.820. The molecule has 0 N–H and O–H groups in total. The second kappa shape index (κ2) is 18.9. The Morgan fingerprint density at radius 3 is 1.13 bits per heavy atom. The van der Waals surface area contributed by atoms with Crippen LogP contribution in [0.5, 0.6) is 0 Å². The summed E-state index contributed by atoms with van der Waals surface area (Å²) in [4.78, 5) is 2.00. The maximum atomic E-state index is 2.08. The highest BCUT2D eigenvalue weighted by molar-refractivity contribution is 5.11. The summed E-state index contributed by atoms with van der Waals surface area (Å²) in [5.41, 5.74) is 1.32. The average molecular weight is 211 g/mol. The third-order valence-electron chi connectivity index (χ3n) is 0.940. The van der Waals surface area contributed by atoms with Gasteiger partial charge in [0.1, 0.15) is 0 Å². The van der Waals surface area contributed by atoms with Gasteiger partial charge >= 0.3 is 0 Å². The highest BCUT2D eigenvalue weighted by Gasteiger charge is 1.72. The normalized spacial score (nSPS) is 7.27. The Bertz CT molecular complexity index is 165. The number of benzene rings is 1. The molecule has 0 amide bonds. The molecule has 0 spiro atoms. The van der Waals surface area contributed by atoms with Crippen molar-refractivity contribution in [2.75, 3.05) is 21.1 Å². The van der Waals surface area contributed by atoms with Crippen molar-refractivity contribution in [2.45, 2.75) is 34.6 Å². The second-order valence-corrected chi connectivity index (χ2v) is 3.00. The fraction of sp³-hybridized carbons (Fsp3) is 0.571. The minimum absolute atomic E-state index is 1.32. The number of nitrogens with zero attached hydrogens (tertiary/aromatic N) is 1. The van der Waals surface area contributed by atoms with E-state index in [9.17, 15) is 0 Å². The summed E-state index contributed by atoms with van der Waals surface area (Å²) in [7, 11) is 6.00. The molecule has 0 heterocycles. The van der Waals surface area contributed by atoms with E-state index in [0.717, 1.165) is 0 Å². The lowest BCUT2D eigenvalue weighted by Crippen LogP contribution is -1.99. The fourth-order valence-electron chi connectivity index (χ4n) is 0.534. The molecule has 0 aliphatic rings. The Labute approximate surface area is 97.1 Å². The van der Waals surface area contributed by atoms with E-state index >= 15 is 0 Å². The largest absolute Gasteiger partial charge is 0.312 e. The molecular weight excluding hydrogens is 182 g/mol. The smallest absolute Gasteiger partial charge is 0.0140 e. The molecular formula is C14H29N. The molecule has 1 nitrogen and oxygen atoms in total. The van der Waals surface area contributed by atoms with Gasteiger partial charge in [0.25, 0.3) is 0 Å². The minimum Gasteiger partial charge on any atom is -0.312 e. The first kappa shape index (κ1) is 19.7. The van der Waals surface area contributed by atoms with Crippen molar-refractivity contribution in [1.29, 1.82) is 0 Å². The monoisotopic (exact) mass is 211 g/mol. The Morgan fingerprint density at radius 2 is 1.00 bits per heavy atom. The molecule has 0 bridgehead atoms. The van der Waals surface area contributed by atoms with Gasteiger partial charge in [-0.3, -0.25) is 0 Å². The first-order chi connectivity index (χ1) is 7.13. The predicted octanol–water partition coefficient (Wildman–Crippen LogP) is 4.23. The summed E-state index contributed by atoms with van der Waals surface area (Å²) < 4.78 is 0. The van der Waals surface area contributed by atoms with Gasteiger partial charge in [-0.15, -0.1) is 0 Å². The molecule has 0 aliphatic heterocycles. The number of hydrogen-bond acceptors (Lipinski definition) is 1. The van der Waals surface area contributed by atoms with Crippen molar-refractivity contribution >= 4 is 0 Å². The van der Waals surface area contributed by atoms with Crippen LogP contribution in [0.4, 0.5) is 0 Å². The van der Waals surface area contributed by atoms with Crippen molar-refractivity contribution in [3.05, 3.63) is 35.9 Å². The van der Waals surface area contributed by atoms with Gasteiger partial charge < -0.3 is 4.90 Å². The zero-order chi connectivity index (χ0) is 12.7. The van der Waals surface area contributed by atoms with Gasteiger partial charge in [0.05, 0.1) is 0 Å². The topological polar surface area (TPSA) is 3.24 Å². The third kappa shape index (κ3) is 32.0. The minimum atomic E-state index is 1.32. The van der Waals surface area contributed by atoms with Crippen LogP contribution in [-0.4, -0.2) is 26.0 Å². The summed E-state index contributed by atoms with van der Waals surface area (Å²) in [6.07, 6.45) is 0. The van der Waals surface area contributed by atoms with Crippen LogP contribution < -0.4 is 0 Å². The Kier molecular flexibility index (Phi) is 24.8. The Morgan fingerprint density at radius 1 is 0.733 bits per heavy atom. The molecule has 90 valence electrons. The predicted molar refractivity (Wildman–Crippen MR) is 73.5 cm³/mol. The van der Waals surface area contributed by atoms with Crippen molar-refractivity contribution in [3.8, 4) is 0 Å². The Balaban J connectivity index is -0.000000156. The zero-order valence-electron chi connectivity index (χ0n) is 11.8. The molecule has 1 rings (SSSR count). The summed E-state index contributed by atoms with van der Waals surface area (Å²) in [5, 5.41) is 0. The van der Waals surface area contributed by atoms with E-state index in [1.807, 2.05) is 71.9 Å². The molecule has 1 aromatic carbocycles. The van der Waals surface area contributed by atoms with Crippen LogP contribution in [0, 0.1) is 6.92 Å². The number of hydrogen-bond donors (Lipinski definition) is 0. The summed E-state index contributed by atoms with van der Waals surface area (Å²) >= 11 is 0. The van der Waals surface area contributed by atoms with Crippen molar-refractivity contribution in [2.24, 2.45) is 0 Å². The van der Waals surface area contributed by atoms with Crippen LogP contribution in [0.25, 0.3) is 0 Å². The molecule has 0 aliphatic carbocycles. The van der Waals surface area contributed by atoms with Gasteiger partial charge in [0.2, 0.25) is 0 Å². The van der Waals surface area contributed by atoms with E-state index in [2.05, 4.69) is 19.1 Å². The molecule has 0 aromatic heterocycles. The van der Waals surface area contributed by atoms with Crippen LogP contribution in [0.1, 0.15) is 33.3 Å². The lowest BCUT2D eigenvalue weighted by molar-refractivity contribution is 0.505. The van der Waals surface area contributed by atoms with E-state index in [0.29, 0.717) is 0 Å². The van der Waals surface area contributed by atoms with E-state index in [4.69, 9.17) is 0 Å². The van der Waals surface area contributed by atoms with E-state index in [1.54, 1.807) is 0 Å². The second-order valence-electron chi connectivity index (χ2n) is 3.00. The quantitative estimate of drug-likeness (QED) is 0.621. The highest BCUT2D eigenvalue weighted by Crippen LogP contribution is 1.92. The SMILES string of the molecule is CC.CC.CN(C)C.Cc1ccccc1. The highest BCUT2D eigenvalue weighted by atomic mass is 15.0. The average Bonchev–Trinajstić information content (AvgIpc) is 2.24. The molecule has 1 aromatic rings. The van der Waals surface area contributed by atoms with E-state index in [-0.39, 0.29) is 0 Å². The molecule has 0 saturated carbocycles. The van der Waals surface area contributed by atoms with Gasteiger partial charge in [-0.1, -0.05) is 63.6 Å². The van der Waals surface area contributed by atoms with Gasteiger partial charge in [-0.2, -0.15) is 0 Å². The van der Waals surface area contributed by atoms with Crippen molar-refractivity contribution in [1.82, 2.24) is 4.90 Å². The summed E-state index contributed by atoms with van der Waals surface area (Å²) in [6.45, 7) is 10.1. The van der Waals surface area contributed by atoms with Crippen molar-refractivity contribution < 1.29 is 0 Å². The lowest BCUT2D eigenvalue weighted by atomic mass is 10.2. The van der Waals surface area contributed by atoms with Crippen LogP contribution >= 0.6 is 0 Å². The zero-order valence-corrected chi connectivity index (χ0v) is 11.8. The van der Waals surface area contributed by atoms with Crippen molar-refractivity contribution in [3.63, 3.8) is 0 Å². The van der Waals surface area contributed by atoms with Gasteiger partial charge in [0, 0.05) is 0 Å². The first-order valence-electron chi connectivity index (χ1n) is 5.75. The van der Waals surface area contributed by atoms with E-state index < -0.39 is 0 Å². The maximum Gasteiger partial charge on any atom is -0.0140 e. The van der Waals surface area contributed by atoms with Crippen LogP contribution in [0.2, 0.25) is 0 Å². The lowest BCUT2D eigenvalue weighted by Gasteiger charge is -1.90. The standard InChI is InChI=1S/C7H8.C3H9N.2C2H6/c1-7-5-3-2-4-6-7;1-4(2)3;2*1-2/h2-6H,1H3;1-3H3;2*1-2H3. The third-order valence-corrected chi connectivity index (χ3v) is 0.940. The molecule has 0 radical (unpaired) electrons. The molecule has 0 fully saturated rings. The van der Waals surface area contributed by atoms with Crippen LogP contribution in [0.15, 0.2) is 30.3 Å². The maximum absolute atomic E-state index is 2.08. The summed E-state index contributed by atoms with van der Waals surface area (Å²) in [5.74, 6) is 0.